The van der Waals surface area contributed by atoms with Gasteiger partial charge >= 0.3 is 0 Å². The van der Waals surface area contributed by atoms with Gasteiger partial charge in [0.05, 0.1) is 17.8 Å². The summed E-state index contributed by atoms with van der Waals surface area (Å²) < 4.78 is 120. The zero-order valence-electron chi connectivity index (χ0n) is 33.3. The van der Waals surface area contributed by atoms with Crippen molar-refractivity contribution in [2.75, 3.05) is 0 Å². The smallest absolute Gasteiger partial charge is 0.143 e. The van der Waals surface area contributed by atoms with Crippen LogP contribution in [0.5, 0.6) is 0 Å². The fourth-order valence-electron chi connectivity index (χ4n) is 5.33. The summed E-state index contributed by atoms with van der Waals surface area (Å²) in [4.78, 5) is 0. The third-order valence-electron chi connectivity index (χ3n) is 7.01. The van der Waals surface area contributed by atoms with Gasteiger partial charge in [-0.25, -0.2) is 0 Å². The molecule has 0 radical (unpaired) electrons. The van der Waals surface area contributed by atoms with Gasteiger partial charge < -0.3 is 4.42 Å². The molecule has 0 N–H and O–H groups in total. The number of benzene rings is 7. The maximum absolute atomic E-state index is 9.12. The summed E-state index contributed by atoms with van der Waals surface area (Å²) in [6.45, 7) is 0. The summed E-state index contributed by atoms with van der Waals surface area (Å²) >= 11 is 0. The minimum Gasteiger partial charge on any atom is -0.455 e. The Morgan fingerprint density at radius 3 is 1.62 bits per heavy atom. The van der Waals surface area contributed by atoms with E-state index in [1.807, 2.05) is 42.5 Å². The molecule has 1 heteroatoms. The molecule has 0 bridgehead atoms. The molecule has 1 nitrogen and oxygen atoms in total. The van der Waals surface area contributed by atoms with Crippen LogP contribution < -0.4 is 0 Å². The first-order valence-corrected chi connectivity index (χ1v) is 12.3. The first-order valence-electron chi connectivity index (χ1n) is 18.8. The summed E-state index contributed by atoms with van der Waals surface area (Å²) in [5.41, 5.74) is 2.61. The second-order valence-corrected chi connectivity index (χ2v) is 9.11. The van der Waals surface area contributed by atoms with Crippen LogP contribution in [0.15, 0.2) is 150 Å². The average molecular weight is 510 g/mol. The molecular formula is C38H24O. The van der Waals surface area contributed by atoms with Gasteiger partial charge in [-0.2, -0.15) is 0 Å². The molecule has 0 aliphatic carbocycles. The van der Waals surface area contributed by atoms with Gasteiger partial charge in [-0.1, -0.05) is 139 Å². The van der Waals surface area contributed by atoms with Gasteiger partial charge in [-0.15, -0.1) is 0 Å². The van der Waals surface area contributed by atoms with Crippen LogP contribution >= 0.6 is 0 Å². The Hall–Kier alpha value is -5.14. The van der Waals surface area contributed by atoms with Crippen molar-refractivity contribution in [3.05, 3.63) is 145 Å². The highest BCUT2D eigenvalue weighted by molar-refractivity contribution is 6.21. The van der Waals surface area contributed by atoms with E-state index in [2.05, 4.69) is 0 Å². The van der Waals surface area contributed by atoms with Crippen LogP contribution in [0.25, 0.3) is 76.9 Å². The highest BCUT2D eigenvalue weighted by Gasteiger charge is 2.17. The molecule has 0 aliphatic heterocycles. The van der Waals surface area contributed by atoms with Gasteiger partial charge in [0.15, 0.2) is 0 Å². The lowest BCUT2D eigenvalue weighted by Gasteiger charge is -2.18. The monoisotopic (exact) mass is 509 g/mol. The molecule has 8 rings (SSSR count). The van der Waals surface area contributed by atoms with Crippen LogP contribution in [0.1, 0.15) is 17.8 Å². The van der Waals surface area contributed by atoms with Crippen molar-refractivity contribution in [3.8, 4) is 33.4 Å². The molecular weight excluding hydrogens is 472 g/mol. The van der Waals surface area contributed by atoms with Gasteiger partial charge in [-0.3, -0.25) is 0 Å². The van der Waals surface area contributed by atoms with E-state index >= 15 is 0 Å². The molecule has 7 aromatic carbocycles. The normalized spacial score (nSPS) is 16.3. The number of rotatable bonds is 3. The van der Waals surface area contributed by atoms with Crippen molar-refractivity contribution in [2.24, 2.45) is 0 Å². The molecule has 1 aromatic heterocycles. The Kier molecular flexibility index (Phi) is 2.82. The molecule has 182 valence electrons. The van der Waals surface area contributed by atoms with Crippen molar-refractivity contribution in [3.63, 3.8) is 0 Å². The SMILES string of the molecule is [2H]c1c([2H])c([2H])c(-c2c3c([2H])c([2H])c([2H])c([2H])c3c(-c3ccc(-c4cccc5c4oc4ccccc45)cc3)c3c([2H])c([2H])c([2H])c([2H])c23)c([2H])c1[2H]. The van der Waals surface area contributed by atoms with E-state index in [1.54, 1.807) is 24.3 Å². The summed E-state index contributed by atoms with van der Waals surface area (Å²) in [6.07, 6.45) is 0. The number of para-hydroxylation sites is 2. The minimum absolute atomic E-state index is 0.0774. The second-order valence-electron chi connectivity index (χ2n) is 9.11. The van der Waals surface area contributed by atoms with E-state index in [1.165, 1.54) is 0 Å². The van der Waals surface area contributed by atoms with E-state index in [4.69, 9.17) is 22.2 Å². The van der Waals surface area contributed by atoms with Crippen molar-refractivity contribution in [1.82, 2.24) is 0 Å². The molecule has 0 aliphatic rings. The molecule has 0 atom stereocenters. The summed E-state index contributed by atoms with van der Waals surface area (Å²) in [5.74, 6) is 0. The lowest BCUT2D eigenvalue weighted by atomic mass is 9.86. The Bertz CT molecular complexity index is 2770. The summed E-state index contributed by atoms with van der Waals surface area (Å²) in [7, 11) is 0. The van der Waals surface area contributed by atoms with Crippen LogP contribution in [-0.4, -0.2) is 0 Å². The Morgan fingerprint density at radius 1 is 0.410 bits per heavy atom. The third-order valence-corrected chi connectivity index (χ3v) is 7.01. The van der Waals surface area contributed by atoms with E-state index in [0.717, 1.165) is 27.5 Å². The van der Waals surface area contributed by atoms with Gasteiger partial charge in [-0.05, 0) is 55.4 Å². The molecule has 39 heavy (non-hydrogen) atoms. The summed E-state index contributed by atoms with van der Waals surface area (Å²) in [6, 6.07) is 12.2. The van der Waals surface area contributed by atoms with Gasteiger partial charge in [0.25, 0.3) is 0 Å². The molecule has 0 amide bonds. The van der Waals surface area contributed by atoms with Gasteiger partial charge in [0, 0.05) is 16.3 Å². The predicted octanol–water partition coefficient (Wildman–Crippen LogP) is 10.9. The maximum atomic E-state index is 9.12. The van der Waals surface area contributed by atoms with Crippen molar-refractivity contribution < 1.29 is 22.2 Å². The third kappa shape index (κ3) is 3.41. The zero-order valence-corrected chi connectivity index (χ0v) is 20.3. The Balaban J connectivity index is 1.54. The molecule has 0 spiro atoms. The Morgan fingerprint density at radius 2 is 0.949 bits per heavy atom. The first-order chi connectivity index (χ1) is 24.8. The molecule has 1 heterocycles. The summed E-state index contributed by atoms with van der Waals surface area (Å²) in [5, 5.41) is 1.14. The van der Waals surface area contributed by atoms with E-state index in [0.29, 0.717) is 11.1 Å². The van der Waals surface area contributed by atoms with Gasteiger partial charge in [0.2, 0.25) is 0 Å². The molecule has 0 fully saturated rings. The number of fused-ring (bicyclic) bond motifs is 5. The quantitative estimate of drug-likeness (QED) is 0.216. The fraction of sp³-hybridized carbons (Fsp3) is 0. The average Bonchev–Trinajstić information content (AvgIpc) is 3.54. The first kappa shape index (κ1) is 12.6. The van der Waals surface area contributed by atoms with E-state index in [-0.39, 0.29) is 32.7 Å². The molecule has 0 saturated carbocycles. The molecule has 0 unspecified atom stereocenters. The predicted molar refractivity (Wildman–Crippen MR) is 165 cm³/mol. The number of hydrogen-bond acceptors (Lipinski definition) is 1. The molecule has 8 aromatic rings. The highest BCUT2D eigenvalue weighted by Crippen LogP contribution is 2.44. The Labute approximate surface area is 244 Å². The van der Waals surface area contributed by atoms with Crippen LogP contribution in [0.3, 0.4) is 0 Å². The van der Waals surface area contributed by atoms with E-state index < -0.39 is 84.1 Å². The highest BCUT2D eigenvalue weighted by atomic mass is 16.3. The topological polar surface area (TPSA) is 13.1 Å². The lowest BCUT2D eigenvalue weighted by Crippen LogP contribution is -1.90. The lowest BCUT2D eigenvalue weighted by molar-refractivity contribution is 0.670. The molecule has 0 saturated heterocycles. The zero-order chi connectivity index (χ0) is 37.1. The van der Waals surface area contributed by atoms with Gasteiger partial charge in [0.1, 0.15) is 11.2 Å². The van der Waals surface area contributed by atoms with Crippen LogP contribution in [0, 0.1) is 0 Å². The second kappa shape index (κ2) is 8.72. The van der Waals surface area contributed by atoms with Crippen LogP contribution in [0.2, 0.25) is 0 Å². The maximum Gasteiger partial charge on any atom is 0.143 e. The van der Waals surface area contributed by atoms with Crippen LogP contribution in [0.4, 0.5) is 0 Å². The fourth-order valence-corrected chi connectivity index (χ4v) is 5.33. The minimum atomic E-state index is -0.710. The standard InChI is InChI=1S/C38H24O/c1-2-11-26(12-3-1)36-30-14-4-6-16-32(30)37(33-17-7-5-15-31(33)36)27-23-21-25(22-24-27)28-18-10-19-34-29-13-8-9-20-35(29)39-38(28)34/h1-24H/i1D,2D,3D,4D,5D,6D,7D,11D,12D,14D,15D,16D,17D. The van der Waals surface area contributed by atoms with Crippen molar-refractivity contribution in [1.29, 1.82) is 0 Å². The van der Waals surface area contributed by atoms with Crippen LogP contribution in [-0.2, 0) is 0 Å². The van der Waals surface area contributed by atoms with E-state index in [9.17, 15) is 0 Å². The van der Waals surface area contributed by atoms with Crippen molar-refractivity contribution in [2.45, 2.75) is 0 Å². The largest absolute Gasteiger partial charge is 0.455 e. The van der Waals surface area contributed by atoms with Crippen molar-refractivity contribution >= 4 is 43.5 Å². The number of hydrogen-bond donors (Lipinski definition) is 0. The number of furan rings is 1.